The van der Waals surface area contributed by atoms with E-state index >= 15 is 0 Å². The molecule has 1 rings (SSSR count). The van der Waals surface area contributed by atoms with Crippen molar-refractivity contribution in [2.24, 2.45) is 5.92 Å². The zero-order valence-electron chi connectivity index (χ0n) is 13.8. The predicted molar refractivity (Wildman–Crippen MR) is 87.6 cm³/mol. The molecule has 1 N–H and O–H groups in total. The summed E-state index contributed by atoms with van der Waals surface area (Å²) in [5.41, 5.74) is 1.97. The highest BCUT2D eigenvalue weighted by molar-refractivity contribution is 7.92. The minimum atomic E-state index is -3.17. The average molecular weight is 313 g/mol. The molecule has 4 nitrogen and oxygen atoms in total. The average Bonchev–Trinajstić information content (AvgIpc) is 2.43. The summed E-state index contributed by atoms with van der Waals surface area (Å²) in [6.45, 7) is 7.63. The van der Waals surface area contributed by atoms with Gasteiger partial charge in [-0.25, -0.2) is 8.42 Å². The molecule has 5 heteroatoms. The van der Waals surface area contributed by atoms with Gasteiger partial charge in [0.1, 0.15) is 5.75 Å². The van der Waals surface area contributed by atoms with Gasteiger partial charge >= 0.3 is 0 Å². The number of hydrogen-bond donors (Lipinski definition) is 1. The maximum absolute atomic E-state index is 12.5. The van der Waals surface area contributed by atoms with Crippen molar-refractivity contribution in [2.75, 3.05) is 19.9 Å². The van der Waals surface area contributed by atoms with E-state index in [0.29, 0.717) is 5.75 Å². The van der Waals surface area contributed by atoms with Gasteiger partial charge in [0, 0.05) is 11.6 Å². The van der Waals surface area contributed by atoms with Gasteiger partial charge in [0.05, 0.1) is 18.1 Å². The lowest BCUT2D eigenvalue weighted by Gasteiger charge is -2.23. The lowest BCUT2D eigenvalue weighted by atomic mass is 10.0. The van der Waals surface area contributed by atoms with Gasteiger partial charge in [0.15, 0.2) is 9.84 Å². The number of nitrogens with one attached hydrogen (secondary N) is 1. The van der Waals surface area contributed by atoms with E-state index in [1.165, 1.54) is 0 Å². The number of sulfone groups is 1. The highest BCUT2D eigenvalue weighted by Crippen LogP contribution is 2.28. The molecule has 0 saturated carbocycles. The minimum Gasteiger partial charge on any atom is -0.496 e. The van der Waals surface area contributed by atoms with Crippen molar-refractivity contribution >= 4 is 9.84 Å². The quantitative estimate of drug-likeness (QED) is 0.841. The van der Waals surface area contributed by atoms with Crippen LogP contribution in [0.2, 0.25) is 0 Å². The molecule has 2 unspecified atom stereocenters. The Bertz CT molecular complexity index is 567. The van der Waals surface area contributed by atoms with Gasteiger partial charge in [-0.3, -0.25) is 0 Å². The Morgan fingerprint density at radius 3 is 2.33 bits per heavy atom. The zero-order valence-corrected chi connectivity index (χ0v) is 14.6. The van der Waals surface area contributed by atoms with E-state index in [0.717, 1.165) is 11.1 Å². The molecule has 120 valence electrons. The monoisotopic (exact) mass is 313 g/mol. The molecule has 0 amide bonds. The van der Waals surface area contributed by atoms with Gasteiger partial charge in [-0.2, -0.15) is 0 Å². The fourth-order valence-corrected chi connectivity index (χ4v) is 4.20. The molecule has 0 radical (unpaired) electrons. The first kappa shape index (κ1) is 18.0. The van der Waals surface area contributed by atoms with Crippen LogP contribution >= 0.6 is 0 Å². The third kappa shape index (κ3) is 4.45. The number of methoxy groups -OCH3 is 1. The third-order valence-corrected chi connectivity index (χ3v) is 6.49. The number of aryl methyl sites for hydroxylation is 1. The molecule has 0 spiro atoms. The molecule has 0 saturated heterocycles. The maximum atomic E-state index is 12.5. The van der Waals surface area contributed by atoms with Gasteiger partial charge in [0.2, 0.25) is 0 Å². The van der Waals surface area contributed by atoms with E-state index < -0.39 is 9.84 Å². The summed E-state index contributed by atoms with van der Waals surface area (Å²) in [4.78, 5) is 0. The van der Waals surface area contributed by atoms with Gasteiger partial charge in [-0.05, 0) is 32.9 Å². The normalized spacial score (nSPS) is 15.0. The second-order valence-electron chi connectivity index (χ2n) is 5.87. The van der Waals surface area contributed by atoms with E-state index in [-0.39, 0.29) is 23.0 Å². The van der Waals surface area contributed by atoms with Gasteiger partial charge in [-0.15, -0.1) is 0 Å². The van der Waals surface area contributed by atoms with Crippen LogP contribution in [0.25, 0.3) is 0 Å². The second-order valence-corrected chi connectivity index (χ2v) is 8.27. The standard InChI is InChI=1S/C16H27NO3S/c1-11(2)13(4)21(18,19)10-15(17-5)14-9-12(3)7-8-16(14)20-6/h7-9,11,13,15,17H,10H2,1-6H3. The Labute approximate surface area is 128 Å². The van der Waals surface area contributed by atoms with E-state index in [2.05, 4.69) is 5.32 Å². The minimum absolute atomic E-state index is 0.0721. The van der Waals surface area contributed by atoms with Crippen molar-refractivity contribution in [3.63, 3.8) is 0 Å². The van der Waals surface area contributed by atoms with Crippen LogP contribution in [0.4, 0.5) is 0 Å². The number of hydrogen-bond acceptors (Lipinski definition) is 4. The molecular formula is C16H27NO3S. The van der Waals surface area contributed by atoms with Crippen molar-refractivity contribution in [3.05, 3.63) is 29.3 Å². The van der Waals surface area contributed by atoms with Crippen LogP contribution in [0.5, 0.6) is 5.75 Å². The summed E-state index contributed by atoms with van der Waals surface area (Å²) in [6, 6.07) is 5.55. The van der Waals surface area contributed by atoms with Gasteiger partial charge < -0.3 is 10.1 Å². The fraction of sp³-hybridized carbons (Fsp3) is 0.625. The number of rotatable bonds is 7. The predicted octanol–water partition coefficient (Wildman–Crippen LogP) is 2.72. The Morgan fingerprint density at radius 2 is 1.86 bits per heavy atom. The van der Waals surface area contributed by atoms with Crippen LogP contribution in [0, 0.1) is 12.8 Å². The Hall–Kier alpha value is -1.07. The van der Waals surface area contributed by atoms with Crippen molar-refractivity contribution in [2.45, 2.75) is 39.0 Å². The van der Waals surface area contributed by atoms with Crippen molar-refractivity contribution in [3.8, 4) is 5.75 Å². The van der Waals surface area contributed by atoms with Crippen LogP contribution in [0.15, 0.2) is 18.2 Å². The van der Waals surface area contributed by atoms with E-state index in [1.807, 2.05) is 39.0 Å². The molecule has 0 heterocycles. The third-order valence-electron chi connectivity index (χ3n) is 4.01. The lowest BCUT2D eigenvalue weighted by molar-refractivity contribution is 0.403. The van der Waals surface area contributed by atoms with Crippen molar-refractivity contribution in [1.29, 1.82) is 0 Å². The highest BCUT2D eigenvalue weighted by Gasteiger charge is 2.28. The van der Waals surface area contributed by atoms with Crippen LogP contribution in [-0.2, 0) is 9.84 Å². The topological polar surface area (TPSA) is 55.4 Å². The zero-order chi connectivity index (χ0) is 16.2. The molecule has 21 heavy (non-hydrogen) atoms. The lowest BCUT2D eigenvalue weighted by Crippen LogP contribution is -2.33. The largest absolute Gasteiger partial charge is 0.496 e. The first-order valence-electron chi connectivity index (χ1n) is 7.26. The van der Waals surface area contributed by atoms with Crippen LogP contribution in [-0.4, -0.2) is 33.6 Å². The molecule has 1 aromatic carbocycles. The summed E-state index contributed by atoms with van der Waals surface area (Å²) in [5, 5.41) is 2.75. The maximum Gasteiger partial charge on any atom is 0.155 e. The molecule has 0 aliphatic carbocycles. The summed E-state index contributed by atoms with van der Waals surface area (Å²) in [6.07, 6.45) is 0. The van der Waals surface area contributed by atoms with E-state index in [4.69, 9.17) is 4.74 Å². The van der Waals surface area contributed by atoms with Gasteiger partial charge in [-0.1, -0.05) is 31.5 Å². The highest BCUT2D eigenvalue weighted by atomic mass is 32.2. The van der Waals surface area contributed by atoms with Crippen LogP contribution in [0.3, 0.4) is 0 Å². The summed E-state index contributed by atoms with van der Waals surface area (Å²) in [5.74, 6) is 0.891. The SMILES string of the molecule is CNC(CS(=O)(=O)C(C)C(C)C)c1cc(C)ccc1OC. The van der Waals surface area contributed by atoms with E-state index in [9.17, 15) is 8.42 Å². The van der Waals surface area contributed by atoms with Crippen molar-refractivity contribution < 1.29 is 13.2 Å². The first-order valence-corrected chi connectivity index (χ1v) is 8.97. The molecule has 2 atom stereocenters. The van der Waals surface area contributed by atoms with Gasteiger partial charge in [0.25, 0.3) is 0 Å². The van der Waals surface area contributed by atoms with Crippen LogP contribution < -0.4 is 10.1 Å². The number of ether oxygens (including phenoxy) is 1. The summed E-state index contributed by atoms with van der Waals surface area (Å²) < 4.78 is 30.4. The molecule has 0 aliphatic rings. The summed E-state index contributed by atoms with van der Waals surface area (Å²) >= 11 is 0. The van der Waals surface area contributed by atoms with E-state index in [1.54, 1.807) is 21.1 Å². The second kappa shape index (κ2) is 7.27. The van der Waals surface area contributed by atoms with Crippen molar-refractivity contribution in [1.82, 2.24) is 5.32 Å². The Balaban J connectivity index is 3.12. The first-order chi connectivity index (χ1) is 9.72. The fourth-order valence-electron chi connectivity index (χ4n) is 2.25. The Kier molecular flexibility index (Phi) is 6.23. The summed E-state index contributed by atoms with van der Waals surface area (Å²) in [7, 11) is 0.208. The molecular weight excluding hydrogens is 286 g/mol. The molecule has 0 fully saturated rings. The molecule has 0 aliphatic heterocycles. The molecule has 1 aromatic rings. The van der Waals surface area contributed by atoms with Crippen LogP contribution in [0.1, 0.15) is 37.9 Å². The number of benzene rings is 1. The molecule has 0 bridgehead atoms. The Morgan fingerprint density at radius 1 is 1.24 bits per heavy atom. The smallest absolute Gasteiger partial charge is 0.155 e. The molecule has 0 aromatic heterocycles.